The van der Waals surface area contributed by atoms with E-state index >= 15 is 0 Å². The molecule has 0 bridgehead atoms. The Morgan fingerprint density at radius 3 is 2.06 bits per heavy atom. The fourth-order valence-electron chi connectivity index (χ4n) is 2.71. The summed E-state index contributed by atoms with van der Waals surface area (Å²) < 4.78 is 0. The van der Waals surface area contributed by atoms with Gasteiger partial charge in [0.25, 0.3) is 0 Å². The Morgan fingerprint density at radius 1 is 1.18 bits per heavy atom. The Labute approximate surface area is 105 Å². The molecule has 1 saturated carbocycles. The summed E-state index contributed by atoms with van der Waals surface area (Å²) in [6, 6.07) is 9.41. The third-order valence-corrected chi connectivity index (χ3v) is 3.92. The zero-order valence-electron chi connectivity index (χ0n) is 11.6. The monoisotopic (exact) mass is 231 g/mol. The summed E-state index contributed by atoms with van der Waals surface area (Å²) in [5.74, 6) is 0. The highest BCUT2D eigenvalue weighted by Gasteiger charge is 2.47. The summed E-state index contributed by atoms with van der Waals surface area (Å²) in [7, 11) is 0. The molecule has 0 heterocycles. The van der Waals surface area contributed by atoms with Crippen LogP contribution in [-0.2, 0) is 11.8 Å². The van der Waals surface area contributed by atoms with Crippen molar-refractivity contribution in [3.8, 4) is 0 Å². The van der Waals surface area contributed by atoms with Crippen LogP contribution in [0.25, 0.3) is 0 Å². The van der Waals surface area contributed by atoms with Crippen molar-refractivity contribution in [3.05, 3.63) is 35.4 Å². The molecule has 1 aromatic rings. The molecule has 1 fully saturated rings. The van der Waals surface area contributed by atoms with Crippen LogP contribution < -0.4 is 5.73 Å². The Balaban J connectivity index is 2.14. The second-order valence-electron chi connectivity index (χ2n) is 6.88. The third-order valence-electron chi connectivity index (χ3n) is 3.92. The molecule has 0 saturated heterocycles. The van der Waals surface area contributed by atoms with Gasteiger partial charge < -0.3 is 5.73 Å². The first kappa shape index (κ1) is 12.6. The summed E-state index contributed by atoms with van der Waals surface area (Å²) >= 11 is 0. The molecule has 0 amide bonds. The van der Waals surface area contributed by atoms with E-state index in [4.69, 9.17) is 5.73 Å². The molecule has 2 rings (SSSR count). The quantitative estimate of drug-likeness (QED) is 0.844. The zero-order valence-corrected chi connectivity index (χ0v) is 11.6. The largest absolute Gasteiger partial charge is 0.327 e. The van der Waals surface area contributed by atoms with Crippen molar-refractivity contribution >= 4 is 0 Å². The number of hydrogen-bond donors (Lipinski definition) is 1. The van der Waals surface area contributed by atoms with Crippen molar-refractivity contribution in [3.63, 3.8) is 0 Å². The van der Waals surface area contributed by atoms with E-state index in [2.05, 4.69) is 52.0 Å². The zero-order chi connectivity index (χ0) is 12.7. The molecule has 1 aromatic carbocycles. The molecule has 0 spiro atoms. The number of rotatable bonds is 3. The van der Waals surface area contributed by atoms with Crippen LogP contribution in [0.2, 0.25) is 0 Å². The van der Waals surface area contributed by atoms with Crippen LogP contribution in [0.5, 0.6) is 0 Å². The molecular weight excluding hydrogens is 206 g/mol. The van der Waals surface area contributed by atoms with Gasteiger partial charge in [0.05, 0.1) is 0 Å². The average molecular weight is 231 g/mol. The Morgan fingerprint density at radius 2 is 1.71 bits per heavy atom. The van der Waals surface area contributed by atoms with Gasteiger partial charge in [-0.25, -0.2) is 0 Å². The lowest BCUT2D eigenvalue weighted by atomic mass is 9.85. The fraction of sp³-hybridized carbons (Fsp3) is 0.625. The Bertz CT molecular complexity index is 377. The number of benzene rings is 1. The van der Waals surface area contributed by atoms with Gasteiger partial charge in [-0.1, -0.05) is 45.0 Å². The first-order chi connectivity index (χ1) is 7.83. The minimum absolute atomic E-state index is 0.274. The van der Waals surface area contributed by atoms with Crippen LogP contribution in [0.3, 0.4) is 0 Å². The lowest BCUT2D eigenvalue weighted by Gasteiger charge is -2.22. The molecule has 1 heteroatoms. The van der Waals surface area contributed by atoms with E-state index < -0.39 is 0 Å². The molecule has 1 aliphatic rings. The van der Waals surface area contributed by atoms with Gasteiger partial charge in [0.2, 0.25) is 0 Å². The van der Waals surface area contributed by atoms with Gasteiger partial charge >= 0.3 is 0 Å². The van der Waals surface area contributed by atoms with Crippen molar-refractivity contribution in [1.29, 1.82) is 0 Å². The van der Waals surface area contributed by atoms with E-state index in [-0.39, 0.29) is 6.04 Å². The highest BCUT2D eigenvalue weighted by molar-refractivity contribution is 5.35. The highest BCUT2D eigenvalue weighted by Crippen LogP contribution is 2.50. The van der Waals surface area contributed by atoms with Gasteiger partial charge in [-0.2, -0.15) is 0 Å². The van der Waals surface area contributed by atoms with E-state index in [1.165, 1.54) is 24.0 Å². The van der Waals surface area contributed by atoms with Crippen molar-refractivity contribution < 1.29 is 0 Å². The SMILES string of the molecule is CC(N)C1(c2ccc(CC(C)(C)C)cc2)CC1. The average Bonchev–Trinajstić information content (AvgIpc) is 2.97. The lowest BCUT2D eigenvalue weighted by Crippen LogP contribution is -2.31. The second-order valence-corrected chi connectivity index (χ2v) is 6.88. The lowest BCUT2D eigenvalue weighted by molar-refractivity contribution is 0.411. The topological polar surface area (TPSA) is 26.0 Å². The van der Waals surface area contributed by atoms with E-state index in [9.17, 15) is 0 Å². The molecule has 94 valence electrons. The van der Waals surface area contributed by atoms with Gasteiger partial charge in [0, 0.05) is 11.5 Å². The smallest absolute Gasteiger partial charge is 0.0108 e. The van der Waals surface area contributed by atoms with Gasteiger partial charge in [0.1, 0.15) is 0 Å². The highest BCUT2D eigenvalue weighted by atomic mass is 14.7. The first-order valence-corrected chi connectivity index (χ1v) is 6.68. The molecular formula is C16H25N. The molecule has 1 nitrogen and oxygen atoms in total. The summed E-state index contributed by atoms with van der Waals surface area (Å²) in [6.07, 6.45) is 3.64. The van der Waals surface area contributed by atoms with E-state index in [1.807, 2.05) is 0 Å². The van der Waals surface area contributed by atoms with E-state index in [0.717, 1.165) is 6.42 Å². The summed E-state index contributed by atoms with van der Waals surface area (Å²) in [4.78, 5) is 0. The minimum Gasteiger partial charge on any atom is -0.327 e. The molecule has 0 aromatic heterocycles. The maximum absolute atomic E-state index is 6.10. The maximum Gasteiger partial charge on any atom is 0.0108 e. The van der Waals surface area contributed by atoms with Crippen LogP contribution in [0.4, 0.5) is 0 Å². The minimum atomic E-state index is 0.274. The van der Waals surface area contributed by atoms with E-state index in [1.54, 1.807) is 0 Å². The number of hydrogen-bond acceptors (Lipinski definition) is 1. The van der Waals surface area contributed by atoms with Crippen molar-refractivity contribution in [2.45, 2.75) is 58.4 Å². The summed E-state index contributed by atoms with van der Waals surface area (Å²) in [5.41, 5.74) is 9.62. The van der Waals surface area contributed by atoms with Crippen molar-refractivity contribution in [2.75, 3.05) is 0 Å². The predicted molar refractivity (Wildman–Crippen MR) is 74.2 cm³/mol. The second kappa shape index (κ2) is 4.13. The van der Waals surface area contributed by atoms with E-state index in [0.29, 0.717) is 10.8 Å². The predicted octanol–water partition coefficient (Wildman–Crippen LogP) is 3.65. The van der Waals surface area contributed by atoms with Gasteiger partial charge in [-0.3, -0.25) is 0 Å². The normalized spacial score (nSPS) is 20.1. The molecule has 17 heavy (non-hydrogen) atoms. The first-order valence-electron chi connectivity index (χ1n) is 6.68. The van der Waals surface area contributed by atoms with Crippen LogP contribution in [0, 0.1) is 5.41 Å². The summed E-state index contributed by atoms with van der Waals surface area (Å²) in [5, 5.41) is 0. The Hall–Kier alpha value is -0.820. The van der Waals surface area contributed by atoms with Crippen molar-refractivity contribution in [1.82, 2.24) is 0 Å². The van der Waals surface area contributed by atoms with Crippen LogP contribution in [0.15, 0.2) is 24.3 Å². The van der Waals surface area contributed by atoms with Crippen LogP contribution in [0.1, 0.15) is 51.7 Å². The fourth-order valence-corrected chi connectivity index (χ4v) is 2.71. The molecule has 0 aliphatic heterocycles. The Kier molecular flexibility index (Phi) is 3.07. The molecule has 0 radical (unpaired) electrons. The molecule has 1 atom stereocenters. The van der Waals surface area contributed by atoms with Gasteiger partial charge in [0.15, 0.2) is 0 Å². The maximum atomic E-state index is 6.10. The van der Waals surface area contributed by atoms with Crippen molar-refractivity contribution in [2.24, 2.45) is 11.1 Å². The standard InChI is InChI=1S/C16H25N/c1-12(17)16(9-10-16)14-7-5-13(6-8-14)11-15(2,3)4/h5-8,12H,9-11,17H2,1-4H3. The molecule has 2 N–H and O–H groups in total. The molecule has 1 aliphatic carbocycles. The third kappa shape index (κ3) is 2.71. The van der Waals surface area contributed by atoms with Crippen LogP contribution in [-0.4, -0.2) is 6.04 Å². The van der Waals surface area contributed by atoms with Gasteiger partial charge in [-0.15, -0.1) is 0 Å². The summed E-state index contributed by atoms with van der Waals surface area (Å²) in [6.45, 7) is 8.98. The number of nitrogens with two attached hydrogens (primary N) is 1. The molecule has 1 unspecified atom stereocenters. The van der Waals surface area contributed by atoms with Crippen LogP contribution >= 0.6 is 0 Å². The van der Waals surface area contributed by atoms with Gasteiger partial charge in [-0.05, 0) is 42.7 Å².